The Morgan fingerprint density at radius 2 is 1.86 bits per heavy atom. The summed E-state index contributed by atoms with van der Waals surface area (Å²) >= 11 is 0. The van der Waals surface area contributed by atoms with Crippen LogP contribution in [0.1, 0.15) is 24.5 Å². The van der Waals surface area contributed by atoms with Gasteiger partial charge in [-0.15, -0.1) is 24.0 Å². The molecule has 2 atom stereocenters. The van der Waals surface area contributed by atoms with E-state index in [1.807, 2.05) is 24.3 Å². The van der Waals surface area contributed by atoms with E-state index in [-0.39, 0.29) is 30.1 Å². The maximum atomic E-state index is 6.09. The summed E-state index contributed by atoms with van der Waals surface area (Å²) in [7, 11) is 5.02. The maximum Gasteiger partial charge on any atom is 0.195 e. The van der Waals surface area contributed by atoms with Gasteiger partial charge < -0.3 is 24.8 Å². The van der Waals surface area contributed by atoms with Gasteiger partial charge >= 0.3 is 0 Å². The molecule has 0 radical (unpaired) electrons. The van der Waals surface area contributed by atoms with E-state index in [1.54, 1.807) is 21.3 Å². The lowest BCUT2D eigenvalue weighted by atomic mass is 9.89. The molecule has 1 heterocycles. The number of hydrogen-bond donors (Lipinski definition) is 2. The second-order valence-electron chi connectivity index (χ2n) is 6.75. The van der Waals surface area contributed by atoms with E-state index in [0.717, 1.165) is 31.7 Å². The minimum absolute atomic E-state index is 0. The zero-order chi connectivity index (χ0) is 19.8. The van der Waals surface area contributed by atoms with E-state index in [9.17, 15) is 0 Å². The Labute approximate surface area is 190 Å². The van der Waals surface area contributed by atoms with Crippen molar-refractivity contribution in [2.75, 3.05) is 39.7 Å². The van der Waals surface area contributed by atoms with Crippen LogP contribution in [-0.2, 0) is 4.74 Å². The molecule has 1 fully saturated rings. The Bertz CT molecular complexity index is 786. The van der Waals surface area contributed by atoms with Gasteiger partial charge in [-0.3, -0.25) is 4.99 Å². The van der Waals surface area contributed by atoms with Crippen molar-refractivity contribution in [1.29, 1.82) is 0 Å². The topological polar surface area (TPSA) is 64.1 Å². The quantitative estimate of drug-likeness (QED) is 0.340. The number of ether oxygens (including phenoxy) is 3. The molecule has 0 aliphatic carbocycles. The van der Waals surface area contributed by atoms with Gasteiger partial charge in [-0.1, -0.05) is 30.3 Å². The number of methoxy groups -OCH3 is 2. The molecule has 1 aliphatic heterocycles. The standard InChI is InChI=1S/C22H29N3O3.HI/c1-23-22(25-18-11-12-19(26-2)20(14-18)27-3)24-15-17-10-7-13-28-21(17)16-8-5-4-6-9-16;/h4-6,8-9,11-12,14,17,21H,7,10,13,15H2,1-3H3,(H2,23,24,25);1H. The third-order valence-electron chi connectivity index (χ3n) is 4.97. The van der Waals surface area contributed by atoms with E-state index in [2.05, 4.69) is 39.9 Å². The molecule has 7 heteroatoms. The van der Waals surface area contributed by atoms with Crippen LogP contribution in [0.3, 0.4) is 0 Å². The summed E-state index contributed by atoms with van der Waals surface area (Å²) in [6.07, 6.45) is 2.32. The first kappa shape index (κ1) is 23.3. The van der Waals surface area contributed by atoms with Crippen molar-refractivity contribution in [3.05, 3.63) is 54.1 Å². The van der Waals surface area contributed by atoms with Gasteiger partial charge in [-0.05, 0) is 30.5 Å². The summed E-state index contributed by atoms with van der Waals surface area (Å²) < 4.78 is 16.7. The van der Waals surface area contributed by atoms with Crippen molar-refractivity contribution < 1.29 is 14.2 Å². The number of halogens is 1. The van der Waals surface area contributed by atoms with Crippen LogP contribution < -0.4 is 20.1 Å². The van der Waals surface area contributed by atoms with Gasteiger partial charge in [0.2, 0.25) is 0 Å². The fourth-order valence-corrected chi connectivity index (χ4v) is 3.52. The van der Waals surface area contributed by atoms with Crippen molar-refractivity contribution in [3.8, 4) is 11.5 Å². The van der Waals surface area contributed by atoms with Gasteiger partial charge in [0, 0.05) is 37.9 Å². The van der Waals surface area contributed by atoms with Crippen molar-refractivity contribution in [2.45, 2.75) is 18.9 Å². The van der Waals surface area contributed by atoms with Crippen molar-refractivity contribution in [3.63, 3.8) is 0 Å². The fourth-order valence-electron chi connectivity index (χ4n) is 3.52. The van der Waals surface area contributed by atoms with Crippen LogP contribution >= 0.6 is 24.0 Å². The first-order valence-electron chi connectivity index (χ1n) is 9.61. The van der Waals surface area contributed by atoms with Gasteiger partial charge in [0.25, 0.3) is 0 Å². The number of nitrogens with one attached hydrogen (secondary N) is 2. The highest BCUT2D eigenvalue weighted by Gasteiger charge is 2.27. The molecule has 2 aromatic carbocycles. The van der Waals surface area contributed by atoms with Crippen LogP contribution in [0, 0.1) is 5.92 Å². The molecule has 1 saturated heterocycles. The molecular formula is C22H30IN3O3. The Morgan fingerprint density at radius 3 is 2.55 bits per heavy atom. The molecule has 158 valence electrons. The van der Waals surface area contributed by atoms with Crippen LogP contribution in [0.2, 0.25) is 0 Å². The first-order valence-corrected chi connectivity index (χ1v) is 9.61. The second-order valence-corrected chi connectivity index (χ2v) is 6.75. The minimum Gasteiger partial charge on any atom is -0.493 e. The van der Waals surface area contributed by atoms with Gasteiger partial charge in [0.15, 0.2) is 17.5 Å². The number of rotatable bonds is 6. The minimum atomic E-state index is 0. The molecule has 0 saturated carbocycles. The van der Waals surface area contributed by atoms with Gasteiger partial charge in [-0.25, -0.2) is 0 Å². The Balaban J connectivity index is 0.00000300. The van der Waals surface area contributed by atoms with E-state index >= 15 is 0 Å². The average molecular weight is 511 g/mol. The summed E-state index contributed by atoms with van der Waals surface area (Å²) in [6.45, 7) is 1.60. The van der Waals surface area contributed by atoms with Crippen LogP contribution in [0.5, 0.6) is 11.5 Å². The molecule has 29 heavy (non-hydrogen) atoms. The van der Waals surface area contributed by atoms with Crippen LogP contribution in [0.4, 0.5) is 5.69 Å². The zero-order valence-corrected chi connectivity index (χ0v) is 19.5. The van der Waals surface area contributed by atoms with E-state index < -0.39 is 0 Å². The normalized spacial score (nSPS) is 19.1. The molecule has 0 spiro atoms. The highest BCUT2D eigenvalue weighted by Crippen LogP contribution is 2.33. The monoisotopic (exact) mass is 511 g/mol. The van der Waals surface area contributed by atoms with Crippen LogP contribution in [-0.4, -0.2) is 40.4 Å². The van der Waals surface area contributed by atoms with Crippen molar-refractivity contribution >= 4 is 35.6 Å². The van der Waals surface area contributed by atoms with E-state index in [0.29, 0.717) is 23.4 Å². The Morgan fingerprint density at radius 1 is 1.10 bits per heavy atom. The summed E-state index contributed by atoms with van der Waals surface area (Å²) in [6, 6.07) is 16.1. The van der Waals surface area contributed by atoms with Gasteiger partial charge in [0.1, 0.15) is 0 Å². The summed E-state index contributed by atoms with van der Waals surface area (Å²) in [4.78, 5) is 4.35. The predicted molar refractivity (Wildman–Crippen MR) is 128 cm³/mol. The zero-order valence-electron chi connectivity index (χ0n) is 17.2. The van der Waals surface area contributed by atoms with Crippen LogP contribution in [0.15, 0.2) is 53.5 Å². The summed E-state index contributed by atoms with van der Waals surface area (Å²) in [5.41, 5.74) is 2.11. The number of aliphatic imine (C=N–C) groups is 1. The largest absolute Gasteiger partial charge is 0.493 e. The molecule has 0 amide bonds. The Kier molecular flexibility index (Phi) is 9.53. The molecule has 2 N–H and O–H groups in total. The maximum absolute atomic E-state index is 6.09. The molecule has 1 aliphatic rings. The molecular weight excluding hydrogens is 481 g/mol. The number of hydrogen-bond acceptors (Lipinski definition) is 4. The van der Waals surface area contributed by atoms with E-state index in [1.165, 1.54) is 5.56 Å². The number of anilines is 1. The lowest BCUT2D eigenvalue weighted by molar-refractivity contribution is -0.0264. The van der Waals surface area contributed by atoms with Crippen LogP contribution in [0.25, 0.3) is 0 Å². The third-order valence-corrected chi connectivity index (χ3v) is 4.97. The average Bonchev–Trinajstić information content (AvgIpc) is 2.77. The molecule has 0 aromatic heterocycles. The highest BCUT2D eigenvalue weighted by atomic mass is 127. The predicted octanol–water partition coefficient (Wildman–Crippen LogP) is 4.48. The highest BCUT2D eigenvalue weighted by molar-refractivity contribution is 14.0. The fraction of sp³-hybridized carbons (Fsp3) is 0.409. The third kappa shape index (κ3) is 6.24. The second kappa shape index (κ2) is 11.9. The molecule has 6 nitrogen and oxygen atoms in total. The molecule has 0 bridgehead atoms. The molecule has 2 unspecified atom stereocenters. The van der Waals surface area contributed by atoms with E-state index in [4.69, 9.17) is 14.2 Å². The number of benzene rings is 2. The summed E-state index contributed by atoms with van der Waals surface area (Å²) in [5, 5.41) is 6.75. The lowest BCUT2D eigenvalue weighted by Gasteiger charge is -2.32. The van der Waals surface area contributed by atoms with Crippen molar-refractivity contribution in [1.82, 2.24) is 5.32 Å². The molecule has 2 aromatic rings. The first-order chi connectivity index (χ1) is 13.7. The van der Waals surface area contributed by atoms with Gasteiger partial charge in [-0.2, -0.15) is 0 Å². The van der Waals surface area contributed by atoms with Gasteiger partial charge in [0.05, 0.1) is 20.3 Å². The number of nitrogens with zero attached hydrogens (tertiary/aromatic N) is 1. The molecule has 3 rings (SSSR count). The Hall–Kier alpha value is -2.00. The smallest absolute Gasteiger partial charge is 0.195 e. The summed E-state index contributed by atoms with van der Waals surface area (Å²) in [5.74, 6) is 2.47. The van der Waals surface area contributed by atoms with Crippen molar-refractivity contribution in [2.24, 2.45) is 10.9 Å². The SMILES string of the molecule is CN=C(NCC1CCCOC1c1ccccc1)Nc1ccc(OC)c(OC)c1.I. The number of guanidine groups is 1. The lowest BCUT2D eigenvalue weighted by Crippen LogP contribution is -2.38.